The van der Waals surface area contributed by atoms with Crippen molar-refractivity contribution in [1.82, 2.24) is 20.3 Å². The van der Waals surface area contributed by atoms with Crippen molar-refractivity contribution in [2.45, 2.75) is 19.4 Å². The first-order valence-electron chi connectivity index (χ1n) is 13.5. The largest absolute Gasteiger partial charge is 0.497 e. The Morgan fingerprint density at radius 2 is 1.60 bits per heavy atom. The fraction of sp³-hybridized carbons (Fsp3) is 0.429. The summed E-state index contributed by atoms with van der Waals surface area (Å²) >= 11 is 0. The molecule has 0 atom stereocenters. The van der Waals surface area contributed by atoms with Crippen LogP contribution in [0.4, 0.5) is 23.5 Å². The van der Waals surface area contributed by atoms with Gasteiger partial charge in [-0.3, -0.25) is 4.79 Å². The zero-order chi connectivity index (χ0) is 28.0. The lowest BCUT2D eigenvalue weighted by Gasteiger charge is -2.17. The number of carbonyl (C=O) groups is 1. The highest BCUT2D eigenvalue weighted by Gasteiger charge is 2.18. The van der Waals surface area contributed by atoms with Crippen LogP contribution in [0.15, 0.2) is 48.5 Å². The van der Waals surface area contributed by atoms with E-state index in [-0.39, 0.29) is 5.91 Å². The highest BCUT2D eigenvalue weighted by molar-refractivity contribution is 5.94. The van der Waals surface area contributed by atoms with Crippen LogP contribution < -0.4 is 31.3 Å². The van der Waals surface area contributed by atoms with E-state index in [0.717, 1.165) is 42.9 Å². The Hall–Kier alpha value is -4.00. The molecule has 2 aromatic carbocycles. The van der Waals surface area contributed by atoms with Crippen molar-refractivity contribution in [3.05, 3.63) is 59.7 Å². The van der Waals surface area contributed by atoms with Crippen LogP contribution in [0, 0.1) is 0 Å². The number of nitrogens with one attached hydrogen (secondary N) is 3. The van der Waals surface area contributed by atoms with Crippen molar-refractivity contribution in [3.63, 3.8) is 0 Å². The number of carbonyl (C=O) groups excluding carboxylic acids is 1. The number of methoxy groups -OCH3 is 1. The number of benzene rings is 2. The summed E-state index contributed by atoms with van der Waals surface area (Å²) in [5.41, 5.74) is 7.75. The van der Waals surface area contributed by atoms with Crippen molar-refractivity contribution in [3.8, 4) is 5.75 Å². The summed E-state index contributed by atoms with van der Waals surface area (Å²) in [5, 5.41) is 9.41. The van der Waals surface area contributed by atoms with Gasteiger partial charge < -0.3 is 40.8 Å². The van der Waals surface area contributed by atoms with Crippen LogP contribution >= 0.6 is 0 Å². The van der Waals surface area contributed by atoms with E-state index in [1.807, 2.05) is 36.4 Å². The molecule has 1 aromatic heterocycles. The minimum Gasteiger partial charge on any atom is -0.497 e. The van der Waals surface area contributed by atoms with Crippen molar-refractivity contribution in [2.75, 3.05) is 75.2 Å². The van der Waals surface area contributed by atoms with Gasteiger partial charge in [0.1, 0.15) is 5.75 Å². The quantitative estimate of drug-likeness (QED) is 0.195. The molecular formula is C28H38N8O4. The number of rotatable bonds is 16. The molecule has 0 radical (unpaired) electrons. The first kappa shape index (κ1) is 29.0. The molecule has 5 N–H and O–H groups in total. The zero-order valence-electron chi connectivity index (χ0n) is 22.9. The molecule has 3 aromatic rings. The van der Waals surface area contributed by atoms with Crippen molar-refractivity contribution < 1.29 is 19.0 Å². The van der Waals surface area contributed by atoms with Crippen LogP contribution in [0.1, 0.15) is 28.8 Å². The number of nitrogens with two attached hydrogens (primary N) is 1. The Labute approximate surface area is 234 Å². The molecule has 12 nitrogen and oxygen atoms in total. The molecule has 2 heterocycles. The lowest BCUT2D eigenvalue weighted by Crippen LogP contribution is -2.27. The molecule has 12 heteroatoms. The minimum absolute atomic E-state index is 0.170. The molecule has 40 heavy (non-hydrogen) atoms. The van der Waals surface area contributed by atoms with Crippen molar-refractivity contribution >= 4 is 29.4 Å². The van der Waals surface area contributed by atoms with Gasteiger partial charge in [-0.2, -0.15) is 15.0 Å². The maximum absolute atomic E-state index is 12.5. The molecule has 1 saturated heterocycles. The predicted molar refractivity (Wildman–Crippen MR) is 154 cm³/mol. The van der Waals surface area contributed by atoms with E-state index in [4.69, 9.17) is 19.9 Å². The van der Waals surface area contributed by atoms with Crippen LogP contribution in [0.2, 0.25) is 0 Å². The molecule has 0 saturated carbocycles. The van der Waals surface area contributed by atoms with Crippen LogP contribution in [0.3, 0.4) is 0 Å². The van der Waals surface area contributed by atoms with Crippen molar-refractivity contribution in [2.24, 2.45) is 5.73 Å². The third-order valence-corrected chi connectivity index (χ3v) is 6.19. The van der Waals surface area contributed by atoms with Crippen LogP contribution in [-0.2, 0) is 16.0 Å². The molecule has 1 amide bonds. The third-order valence-electron chi connectivity index (χ3n) is 6.19. The molecule has 0 aliphatic carbocycles. The summed E-state index contributed by atoms with van der Waals surface area (Å²) in [7, 11) is 1.65. The van der Waals surface area contributed by atoms with Gasteiger partial charge in [-0.25, -0.2) is 0 Å². The highest BCUT2D eigenvalue weighted by atomic mass is 16.5. The van der Waals surface area contributed by atoms with Crippen molar-refractivity contribution in [1.29, 1.82) is 0 Å². The molecule has 1 aliphatic rings. The monoisotopic (exact) mass is 550 g/mol. The number of amides is 1. The van der Waals surface area contributed by atoms with Gasteiger partial charge in [0, 0.05) is 44.0 Å². The normalized spacial score (nSPS) is 12.8. The average Bonchev–Trinajstić information content (AvgIpc) is 3.53. The van der Waals surface area contributed by atoms with Gasteiger partial charge >= 0.3 is 0 Å². The summed E-state index contributed by atoms with van der Waals surface area (Å²) in [6.07, 6.45) is 2.23. The van der Waals surface area contributed by atoms with Gasteiger partial charge in [-0.1, -0.05) is 12.1 Å². The maximum Gasteiger partial charge on any atom is 0.251 e. The molecule has 1 aliphatic heterocycles. The second kappa shape index (κ2) is 15.6. The van der Waals surface area contributed by atoms with E-state index in [1.54, 1.807) is 19.2 Å². The standard InChI is InChI=1S/C28H38N8O4/c1-38-24-10-4-21(5-11-24)20-31-26-33-27(35-28(34-26)36-14-2-3-15-36)32-23-8-6-22(7-9-23)25(37)30-13-17-40-19-18-39-16-12-29/h4-11H,2-3,12-20,29H2,1H3,(H,30,37)(H2,31,32,33,34,35). The number of anilines is 4. The van der Waals surface area contributed by atoms with Gasteiger partial charge in [0.15, 0.2) is 0 Å². The van der Waals surface area contributed by atoms with Gasteiger partial charge in [0.05, 0.1) is 33.5 Å². The first-order chi connectivity index (χ1) is 19.6. The molecule has 0 unspecified atom stereocenters. The van der Waals surface area contributed by atoms with Crippen LogP contribution in [-0.4, -0.2) is 80.6 Å². The topological polar surface area (TPSA) is 149 Å². The van der Waals surface area contributed by atoms with Gasteiger partial charge in [0.2, 0.25) is 17.8 Å². The summed E-state index contributed by atoms with van der Waals surface area (Å²) in [5.74, 6) is 2.19. The first-order valence-corrected chi connectivity index (χ1v) is 13.5. The van der Waals surface area contributed by atoms with E-state index in [2.05, 4.69) is 35.8 Å². The smallest absolute Gasteiger partial charge is 0.251 e. The van der Waals surface area contributed by atoms with E-state index >= 15 is 0 Å². The number of nitrogens with zero attached hydrogens (tertiary/aromatic N) is 4. The van der Waals surface area contributed by atoms with E-state index < -0.39 is 0 Å². The summed E-state index contributed by atoms with van der Waals surface area (Å²) in [6, 6.07) is 15.0. The summed E-state index contributed by atoms with van der Waals surface area (Å²) in [4.78, 5) is 28.5. The Balaban J connectivity index is 1.33. The number of aromatic nitrogens is 3. The van der Waals surface area contributed by atoms with E-state index in [9.17, 15) is 4.79 Å². The molecule has 214 valence electrons. The lowest BCUT2D eigenvalue weighted by atomic mass is 10.2. The lowest BCUT2D eigenvalue weighted by molar-refractivity contribution is 0.0511. The predicted octanol–water partition coefficient (Wildman–Crippen LogP) is 2.56. The van der Waals surface area contributed by atoms with E-state index in [1.165, 1.54) is 0 Å². The van der Waals surface area contributed by atoms with Crippen LogP contribution in [0.5, 0.6) is 5.75 Å². The molecule has 0 bridgehead atoms. The Morgan fingerprint density at radius 3 is 2.30 bits per heavy atom. The number of ether oxygens (including phenoxy) is 3. The fourth-order valence-electron chi connectivity index (χ4n) is 4.06. The second-order valence-corrected chi connectivity index (χ2v) is 9.15. The summed E-state index contributed by atoms with van der Waals surface area (Å²) in [6.45, 7) is 5.16. The maximum atomic E-state index is 12.5. The molecule has 1 fully saturated rings. The highest BCUT2D eigenvalue weighted by Crippen LogP contribution is 2.22. The van der Waals surface area contributed by atoms with E-state index in [0.29, 0.717) is 69.5 Å². The Bertz CT molecular complexity index is 1190. The SMILES string of the molecule is COc1ccc(CNc2nc(Nc3ccc(C(=O)NCCOCCOCCN)cc3)nc(N3CCCC3)n2)cc1. The summed E-state index contributed by atoms with van der Waals surface area (Å²) < 4.78 is 15.9. The molecule has 0 spiro atoms. The zero-order valence-corrected chi connectivity index (χ0v) is 22.9. The number of hydrogen-bond acceptors (Lipinski definition) is 11. The van der Waals surface area contributed by atoms with Gasteiger partial charge in [-0.15, -0.1) is 0 Å². The molecule has 4 rings (SSSR count). The fourth-order valence-corrected chi connectivity index (χ4v) is 4.06. The second-order valence-electron chi connectivity index (χ2n) is 9.15. The molecular weight excluding hydrogens is 512 g/mol. The minimum atomic E-state index is -0.170. The average molecular weight is 551 g/mol. The van der Waals surface area contributed by atoms with Gasteiger partial charge in [0.25, 0.3) is 5.91 Å². The Kier molecular flexibility index (Phi) is 11.3. The third kappa shape index (κ3) is 9.04. The van der Waals surface area contributed by atoms with Gasteiger partial charge in [-0.05, 0) is 54.8 Å². The number of hydrogen-bond donors (Lipinski definition) is 4. The Morgan fingerprint density at radius 1 is 0.900 bits per heavy atom. The van der Waals surface area contributed by atoms with Crippen LogP contribution in [0.25, 0.3) is 0 Å².